The fourth-order valence-electron chi connectivity index (χ4n) is 3.04. The molecule has 0 atom stereocenters. The van der Waals surface area contributed by atoms with E-state index in [0.29, 0.717) is 11.1 Å². The zero-order chi connectivity index (χ0) is 22.8. The zero-order valence-corrected chi connectivity index (χ0v) is 16.8. The summed E-state index contributed by atoms with van der Waals surface area (Å²) >= 11 is 0. The smallest absolute Gasteiger partial charge is 0.416 e. The maximum Gasteiger partial charge on any atom is 0.416 e. The number of hydrogen-bond donors (Lipinski definition) is 2. The summed E-state index contributed by atoms with van der Waals surface area (Å²) in [5.74, 6) is -1.74. The maximum absolute atomic E-state index is 12.9. The normalized spacial score (nSPS) is 12.3. The summed E-state index contributed by atoms with van der Waals surface area (Å²) in [7, 11) is 0. The highest BCUT2D eigenvalue weighted by atomic mass is 19.4. The molecule has 3 rings (SSSR count). The number of rotatable bonds is 5. The van der Waals surface area contributed by atoms with Crippen molar-refractivity contribution in [3.05, 3.63) is 82.9 Å². The molecule has 31 heavy (non-hydrogen) atoms. The van der Waals surface area contributed by atoms with Gasteiger partial charge in [0.1, 0.15) is 5.54 Å². The van der Waals surface area contributed by atoms with Gasteiger partial charge in [-0.3, -0.25) is 4.79 Å². The Labute approximate surface area is 177 Å². The molecule has 7 heteroatoms. The van der Waals surface area contributed by atoms with Crippen LogP contribution in [0.5, 0.6) is 0 Å². The number of halogens is 3. The first-order chi connectivity index (χ1) is 14.5. The fraction of sp³-hybridized carbons (Fsp3) is 0.167. The molecule has 0 radical (unpaired) electrons. The predicted octanol–water partition coefficient (Wildman–Crippen LogP) is 5.62. The molecule has 0 aliphatic carbocycles. The van der Waals surface area contributed by atoms with Gasteiger partial charge < -0.3 is 10.4 Å². The second-order valence-electron chi connectivity index (χ2n) is 7.59. The quantitative estimate of drug-likeness (QED) is 0.519. The van der Waals surface area contributed by atoms with E-state index in [9.17, 15) is 27.9 Å². The molecule has 3 aromatic carbocycles. The van der Waals surface area contributed by atoms with Crippen molar-refractivity contribution in [1.82, 2.24) is 5.32 Å². The monoisotopic (exact) mass is 427 g/mol. The van der Waals surface area contributed by atoms with Crippen LogP contribution in [0.1, 0.15) is 40.9 Å². The molecule has 2 N–H and O–H groups in total. The number of hydrogen-bond acceptors (Lipinski definition) is 2. The molecule has 0 aromatic heterocycles. The Morgan fingerprint density at radius 3 is 2.16 bits per heavy atom. The Balaban J connectivity index is 2.03. The molecular formula is C24H20F3NO3. The molecule has 0 heterocycles. The maximum atomic E-state index is 12.9. The third kappa shape index (κ3) is 4.94. The summed E-state index contributed by atoms with van der Waals surface area (Å²) in [6.45, 7) is 2.76. The average molecular weight is 427 g/mol. The Morgan fingerprint density at radius 2 is 1.55 bits per heavy atom. The lowest BCUT2D eigenvalue weighted by atomic mass is 9.96. The number of carbonyl (C=O) groups is 2. The van der Waals surface area contributed by atoms with Crippen molar-refractivity contribution in [2.24, 2.45) is 0 Å². The lowest BCUT2D eigenvalue weighted by Crippen LogP contribution is -2.49. The van der Waals surface area contributed by atoms with Crippen molar-refractivity contribution in [3.8, 4) is 0 Å². The number of carboxylic acids is 1. The highest BCUT2D eigenvalue weighted by Crippen LogP contribution is 2.30. The van der Waals surface area contributed by atoms with Crippen LogP contribution in [-0.2, 0) is 11.0 Å². The minimum absolute atomic E-state index is 0.260. The summed E-state index contributed by atoms with van der Waals surface area (Å²) in [4.78, 5) is 24.2. The van der Waals surface area contributed by atoms with Gasteiger partial charge in [-0.15, -0.1) is 0 Å². The molecule has 0 unspecified atom stereocenters. The summed E-state index contributed by atoms with van der Waals surface area (Å²) < 4.78 is 38.3. The van der Waals surface area contributed by atoms with Crippen LogP contribution in [0.15, 0.2) is 60.7 Å². The van der Waals surface area contributed by atoms with Crippen LogP contribution in [0, 0.1) is 0 Å². The van der Waals surface area contributed by atoms with Crippen molar-refractivity contribution in [1.29, 1.82) is 0 Å². The van der Waals surface area contributed by atoms with E-state index in [0.717, 1.165) is 22.9 Å². The SMILES string of the molecule is CC(C)(NC(=O)c1ccc2ccccc2c1/C=C/c1ccc(C(F)(F)F)cc1)C(=O)O. The number of carbonyl (C=O) groups excluding carboxylic acids is 1. The Bertz CT molecular complexity index is 1160. The highest BCUT2D eigenvalue weighted by Gasteiger charge is 2.31. The van der Waals surface area contributed by atoms with E-state index in [2.05, 4.69) is 5.32 Å². The Hall–Kier alpha value is -3.61. The first-order valence-electron chi connectivity index (χ1n) is 9.42. The molecule has 0 aliphatic rings. The highest BCUT2D eigenvalue weighted by molar-refractivity contribution is 6.07. The number of nitrogens with one attached hydrogen (secondary N) is 1. The van der Waals surface area contributed by atoms with Crippen LogP contribution in [0.2, 0.25) is 0 Å². The van der Waals surface area contributed by atoms with Crippen molar-refractivity contribution < 1.29 is 27.9 Å². The summed E-state index contributed by atoms with van der Waals surface area (Å²) in [6.07, 6.45) is -1.16. The third-order valence-corrected chi connectivity index (χ3v) is 4.86. The molecule has 0 spiro atoms. The van der Waals surface area contributed by atoms with Crippen molar-refractivity contribution >= 4 is 34.8 Å². The summed E-state index contributed by atoms with van der Waals surface area (Å²) in [6, 6.07) is 15.4. The van der Waals surface area contributed by atoms with E-state index in [1.807, 2.05) is 18.2 Å². The molecule has 0 aliphatic heterocycles. The standard InChI is InChI=1S/C24H20F3NO3/c1-23(2,22(30)31)28-21(29)20-14-10-16-5-3-4-6-18(16)19(20)13-9-15-7-11-17(12-8-15)24(25,26)27/h3-14H,1-2H3,(H,28,29)(H,30,31)/b13-9+. The van der Waals surface area contributed by atoms with Gasteiger partial charge >= 0.3 is 12.1 Å². The summed E-state index contributed by atoms with van der Waals surface area (Å²) in [5, 5.41) is 13.4. The number of benzene rings is 3. The van der Waals surface area contributed by atoms with E-state index < -0.39 is 29.2 Å². The van der Waals surface area contributed by atoms with E-state index >= 15 is 0 Å². The summed E-state index contributed by atoms with van der Waals surface area (Å²) in [5.41, 5.74) is -0.895. The van der Waals surface area contributed by atoms with E-state index in [1.54, 1.807) is 30.4 Å². The topological polar surface area (TPSA) is 66.4 Å². The Kier molecular flexibility index (Phi) is 5.88. The predicted molar refractivity (Wildman–Crippen MR) is 114 cm³/mol. The van der Waals surface area contributed by atoms with Crippen LogP contribution in [0.4, 0.5) is 13.2 Å². The van der Waals surface area contributed by atoms with Crippen molar-refractivity contribution in [3.63, 3.8) is 0 Å². The van der Waals surface area contributed by atoms with E-state index in [4.69, 9.17) is 0 Å². The second-order valence-corrected chi connectivity index (χ2v) is 7.59. The van der Waals surface area contributed by atoms with E-state index in [-0.39, 0.29) is 5.56 Å². The number of amides is 1. The van der Waals surface area contributed by atoms with E-state index in [1.165, 1.54) is 26.0 Å². The van der Waals surface area contributed by atoms with Gasteiger partial charge in [-0.2, -0.15) is 13.2 Å². The molecule has 0 saturated heterocycles. The van der Waals surface area contributed by atoms with Gasteiger partial charge in [0.2, 0.25) is 0 Å². The van der Waals surface area contributed by atoms with Gasteiger partial charge in [0.05, 0.1) is 5.56 Å². The average Bonchev–Trinajstić information content (AvgIpc) is 2.71. The third-order valence-electron chi connectivity index (χ3n) is 4.86. The number of alkyl halides is 3. The molecule has 160 valence electrons. The minimum Gasteiger partial charge on any atom is -0.480 e. The molecule has 4 nitrogen and oxygen atoms in total. The van der Waals surface area contributed by atoms with Crippen molar-refractivity contribution in [2.45, 2.75) is 25.6 Å². The molecular weight excluding hydrogens is 407 g/mol. The van der Waals surface area contributed by atoms with Crippen LogP contribution in [0.3, 0.4) is 0 Å². The number of carboxylic acid groups (broad SMARTS) is 1. The van der Waals surface area contributed by atoms with Crippen LogP contribution < -0.4 is 5.32 Å². The Morgan fingerprint density at radius 1 is 0.903 bits per heavy atom. The van der Waals surface area contributed by atoms with Crippen LogP contribution in [-0.4, -0.2) is 22.5 Å². The minimum atomic E-state index is -4.42. The van der Waals surface area contributed by atoms with Gasteiger partial charge in [0, 0.05) is 5.56 Å². The van der Waals surface area contributed by atoms with Crippen LogP contribution >= 0.6 is 0 Å². The zero-order valence-electron chi connectivity index (χ0n) is 16.8. The lowest BCUT2D eigenvalue weighted by molar-refractivity contribution is -0.143. The first-order valence-corrected chi connectivity index (χ1v) is 9.42. The van der Waals surface area contributed by atoms with Gasteiger partial charge in [-0.05, 0) is 53.9 Å². The number of aliphatic carboxylic acids is 1. The van der Waals surface area contributed by atoms with Gasteiger partial charge in [0.15, 0.2) is 0 Å². The number of fused-ring (bicyclic) bond motifs is 1. The van der Waals surface area contributed by atoms with Crippen LogP contribution in [0.25, 0.3) is 22.9 Å². The van der Waals surface area contributed by atoms with Gasteiger partial charge in [-0.25, -0.2) is 4.79 Å². The van der Waals surface area contributed by atoms with Crippen molar-refractivity contribution in [2.75, 3.05) is 0 Å². The molecule has 0 saturated carbocycles. The molecule has 0 fully saturated rings. The van der Waals surface area contributed by atoms with Gasteiger partial charge in [-0.1, -0.05) is 54.6 Å². The molecule has 3 aromatic rings. The largest absolute Gasteiger partial charge is 0.480 e. The first kappa shape index (κ1) is 22.1. The molecule has 1 amide bonds. The van der Waals surface area contributed by atoms with Gasteiger partial charge in [0.25, 0.3) is 5.91 Å². The second kappa shape index (κ2) is 8.26. The fourth-order valence-corrected chi connectivity index (χ4v) is 3.04. The lowest BCUT2D eigenvalue weighted by Gasteiger charge is -2.22. The molecule has 0 bridgehead atoms.